The smallest absolute Gasteiger partial charge is 0.136 e. The van der Waals surface area contributed by atoms with E-state index in [4.69, 9.17) is 16.0 Å². The van der Waals surface area contributed by atoms with Gasteiger partial charge in [0.2, 0.25) is 0 Å². The van der Waals surface area contributed by atoms with E-state index < -0.39 is 0 Å². The van der Waals surface area contributed by atoms with Gasteiger partial charge in [-0.2, -0.15) is 0 Å². The van der Waals surface area contributed by atoms with E-state index in [-0.39, 0.29) is 0 Å². The summed E-state index contributed by atoms with van der Waals surface area (Å²) < 4.78 is 5.88. The molecule has 3 aromatic rings. The predicted octanol–water partition coefficient (Wildman–Crippen LogP) is 4.40. The third-order valence-corrected chi connectivity index (χ3v) is 3.97. The van der Waals surface area contributed by atoms with Gasteiger partial charge in [-0.1, -0.05) is 11.6 Å². The number of fused-ring (bicyclic) bond motifs is 1. The van der Waals surface area contributed by atoms with Crippen LogP contribution in [-0.2, 0) is 6.54 Å². The normalized spacial score (nSPS) is 14.7. The van der Waals surface area contributed by atoms with Gasteiger partial charge in [0.25, 0.3) is 0 Å². The van der Waals surface area contributed by atoms with E-state index in [1.54, 1.807) is 0 Å². The fourth-order valence-electron chi connectivity index (χ4n) is 2.43. The Labute approximate surface area is 127 Å². The van der Waals surface area contributed by atoms with Crippen LogP contribution in [0.2, 0.25) is 5.02 Å². The van der Waals surface area contributed by atoms with E-state index >= 15 is 0 Å². The Morgan fingerprint density at radius 1 is 1.19 bits per heavy atom. The minimum atomic E-state index is 0.696. The molecule has 0 bridgehead atoms. The third kappa shape index (κ3) is 2.80. The van der Waals surface area contributed by atoms with Crippen molar-refractivity contribution in [1.29, 1.82) is 0 Å². The van der Waals surface area contributed by atoms with Gasteiger partial charge in [0.05, 0.1) is 0 Å². The number of nitrogens with one attached hydrogen (secondary N) is 1. The van der Waals surface area contributed by atoms with E-state index in [0.29, 0.717) is 6.04 Å². The molecular weight excluding hydrogens is 284 g/mol. The van der Waals surface area contributed by atoms with Crippen LogP contribution in [0.25, 0.3) is 22.3 Å². The largest absolute Gasteiger partial charge is 0.456 e. The first kappa shape index (κ1) is 12.9. The standard InChI is InChI=1S/C17H15ClN2O/c18-14-1-4-16-12(6-14)7-17(21-16)13-5-11(8-19-10-13)9-20-15-2-3-15/h1,4-8,10,15,20H,2-3,9H2. The van der Waals surface area contributed by atoms with Crippen LogP contribution in [0.15, 0.2) is 47.1 Å². The predicted molar refractivity (Wildman–Crippen MR) is 84.3 cm³/mol. The topological polar surface area (TPSA) is 38.1 Å². The molecule has 1 aliphatic carbocycles. The van der Waals surface area contributed by atoms with Crippen molar-refractivity contribution in [2.75, 3.05) is 0 Å². The third-order valence-electron chi connectivity index (χ3n) is 3.73. The van der Waals surface area contributed by atoms with E-state index in [0.717, 1.165) is 33.9 Å². The summed E-state index contributed by atoms with van der Waals surface area (Å²) in [5, 5.41) is 5.23. The van der Waals surface area contributed by atoms with Crippen molar-refractivity contribution < 1.29 is 4.42 Å². The molecule has 106 valence electrons. The summed E-state index contributed by atoms with van der Waals surface area (Å²) in [7, 11) is 0. The summed E-state index contributed by atoms with van der Waals surface area (Å²) in [6.45, 7) is 0.859. The summed E-state index contributed by atoms with van der Waals surface area (Å²) in [6, 6.07) is 10.5. The molecule has 1 saturated carbocycles. The number of furan rings is 1. The van der Waals surface area contributed by atoms with Gasteiger partial charge in [0, 0.05) is 41.0 Å². The number of hydrogen-bond acceptors (Lipinski definition) is 3. The van der Waals surface area contributed by atoms with Crippen LogP contribution in [-0.4, -0.2) is 11.0 Å². The van der Waals surface area contributed by atoms with Crippen LogP contribution in [0.4, 0.5) is 0 Å². The maximum Gasteiger partial charge on any atom is 0.136 e. The molecule has 1 aromatic carbocycles. The van der Waals surface area contributed by atoms with Gasteiger partial charge >= 0.3 is 0 Å². The summed E-state index contributed by atoms with van der Waals surface area (Å²) in [5.41, 5.74) is 3.02. The van der Waals surface area contributed by atoms with Gasteiger partial charge in [-0.3, -0.25) is 4.98 Å². The second kappa shape index (κ2) is 5.17. The number of nitrogens with zero attached hydrogens (tertiary/aromatic N) is 1. The molecule has 0 atom stereocenters. The van der Waals surface area contributed by atoms with Crippen LogP contribution in [0.5, 0.6) is 0 Å². The molecule has 2 heterocycles. The highest BCUT2D eigenvalue weighted by atomic mass is 35.5. The zero-order chi connectivity index (χ0) is 14.2. The average Bonchev–Trinajstić information content (AvgIpc) is 3.23. The lowest BCUT2D eigenvalue weighted by Crippen LogP contribution is -2.15. The van der Waals surface area contributed by atoms with Crippen molar-refractivity contribution in [3.05, 3.63) is 53.3 Å². The molecule has 0 spiro atoms. The number of halogens is 1. The number of rotatable bonds is 4. The minimum Gasteiger partial charge on any atom is -0.456 e. The van der Waals surface area contributed by atoms with Gasteiger partial charge in [-0.05, 0) is 48.7 Å². The highest BCUT2D eigenvalue weighted by Gasteiger charge is 2.20. The molecule has 1 aliphatic rings. The van der Waals surface area contributed by atoms with Crippen molar-refractivity contribution in [1.82, 2.24) is 10.3 Å². The Morgan fingerprint density at radius 3 is 2.95 bits per heavy atom. The number of hydrogen-bond donors (Lipinski definition) is 1. The Kier molecular flexibility index (Phi) is 3.17. The lowest BCUT2D eigenvalue weighted by atomic mass is 10.1. The fraction of sp³-hybridized carbons (Fsp3) is 0.235. The van der Waals surface area contributed by atoms with E-state index in [1.165, 1.54) is 18.4 Å². The molecule has 0 saturated heterocycles. The Morgan fingerprint density at radius 2 is 2.10 bits per heavy atom. The highest BCUT2D eigenvalue weighted by molar-refractivity contribution is 6.31. The SMILES string of the molecule is Clc1ccc2oc(-c3cncc(CNC4CC4)c3)cc2c1. The molecule has 21 heavy (non-hydrogen) atoms. The lowest BCUT2D eigenvalue weighted by Gasteiger charge is -2.04. The monoisotopic (exact) mass is 298 g/mol. The van der Waals surface area contributed by atoms with E-state index in [2.05, 4.69) is 16.4 Å². The van der Waals surface area contributed by atoms with Gasteiger partial charge in [0.1, 0.15) is 11.3 Å². The van der Waals surface area contributed by atoms with Crippen molar-refractivity contribution >= 4 is 22.6 Å². The molecule has 1 N–H and O–H groups in total. The first-order valence-electron chi connectivity index (χ1n) is 7.15. The fourth-order valence-corrected chi connectivity index (χ4v) is 2.61. The van der Waals surface area contributed by atoms with Gasteiger partial charge < -0.3 is 9.73 Å². The van der Waals surface area contributed by atoms with Crippen LogP contribution >= 0.6 is 11.6 Å². The molecule has 0 amide bonds. The summed E-state index contributed by atoms with van der Waals surface area (Å²) in [5.74, 6) is 0.827. The van der Waals surface area contributed by atoms with Crippen molar-refractivity contribution in [3.8, 4) is 11.3 Å². The molecule has 4 rings (SSSR count). The molecule has 0 unspecified atom stereocenters. The van der Waals surface area contributed by atoms with Gasteiger partial charge in [0.15, 0.2) is 0 Å². The zero-order valence-corrected chi connectivity index (χ0v) is 12.2. The van der Waals surface area contributed by atoms with Crippen LogP contribution in [0.3, 0.4) is 0 Å². The Balaban J connectivity index is 1.65. The van der Waals surface area contributed by atoms with Crippen molar-refractivity contribution in [3.63, 3.8) is 0 Å². The van der Waals surface area contributed by atoms with Crippen LogP contribution in [0, 0.1) is 0 Å². The highest BCUT2D eigenvalue weighted by Crippen LogP contribution is 2.29. The van der Waals surface area contributed by atoms with Crippen LogP contribution in [0.1, 0.15) is 18.4 Å². The van der Waals surface area contributed by atoms with Crippen LogP contribution < -0.4 is 5.32 Å². The number of pyridine rings is 1. The molecule has 1 fully saturated rings. The van der Waals surface area contributed by atoms with Crippen molar-refractivity contribution in [2.45, 2.75) is 25.4 Å². The minimum absolute atomic E-state index is 0.696. The average molecular weight is 299 g/mol. The lowest BCUT2D eigenvalue weighted by molar-refractivity contribution is 0.630. The molecular formula is C17H15ClN2O. The summed E-state index contributed by atoms with van der Waals surface area (Å²) in [4.78, 5) is 4.32. The maximum absolute atomic E-state index is 6.01. The summed E-state index contributed by atoms with van der Waals surface area (Å²) in [6.07, 6.45) is 6.31. The quantitative estimate of drug-likeness (QED) is 0.776. The van der Waals surface area contributed by atoms with Crippen molar-refractivity contribution in [2.24, 2.45) is 0 Å². The first-order chi connectivity index (χ1) is 10.3. The van der Waals surface area contributed by atoms with E-state index in [9.17, 15) is 0 Å². The Hall–Kier alpha value is -1.84. The molecule has 4 heteroatoms. The van der Waals surface area contributed by atoms with Gasteiger partial charge in [-0.25, -0.2) is 0 Å². The maximum atomic E-state index is 6.01. The second-order valence-corrected chi connectivity index (χ2v) is 5.97. The molecule has 2 aromatic heterocycles. The Bertz CT molecular complexity index is 792. The molecule has 0 aliphatic heterocycles. The molecule has 3 nitrogen and oxygen atoms in total. The number of benzene rings is 1. The molecule has 0 radical (unpaired) electrons. The van der Waals surface area contributed by atoms with Gasteiger partial charge in [-0.15, -0.1) is 0 Å². The summed E-state index contributed by atoms with van der Waals surface area (Å²) >= 11 is 6.01. The zero-order valence-electron chi connectivity index (χ0n) is 11.5. The van der Waals surface area contributed by atoms with E-state index in [1.807, 2.05) is 36.7 Å². The first-order valence-corrected chi connectivity index (χ1v) is 7.52. The second-order valence-electron chi connectivity index (χ2n) is 5.53. The number of aromatic nitrogens is 1.